The molecule has 0 radical (unpaired) electrons. The Kier molecular flexibility index (Phi) is 4.31. The lowest BCUT2D eigenvalue weighted by Crippen LogP contribution is -2.41. The van der Waals surface area contributed by atoms with Crippen LogP contribution in [0.2, 0.25) is 18.1 Å². The third kappa shape index (κ3) is 4.36. The highest BCUT2D eigenvalue weighted by molar-refractivity contribution is 6.74. The normalized spacial score (nSPS) is 22.9. The molecule has 2 atom stereocenters. The summed E-state index contributed by atoms with van der Waals surface area (Å²) in [5.41, 5.74) is 0.523. The number of Topliss-reactive ketones (excluding diaryl/α,β-unsaturated/α-hetero) is 1. The fourth-order valence-electron chi connectivity index (χ4n) is 1.59. The van der Waals surface area contributed by atoms with Crippen molar-refractivity contribution < 1.29 is 12.0 Å². The molecule has 18 heavy (non-hydrogen) atoms. The number of ketones is 1. The predicted molar refractivity (Wildman–Crippen MR) is 79.3 cm³/mol. The molecular weight excluding hydrogens is 240 g/mol. The molecule has 2 nitrogen and oxygen atoms in total. The Labute approximate surface area is 116 Å². The standard InChI is InChI=1S/C15H28O2Si/c1-15(2,3)18(4,5)17-12-8-10-13-9-6-7-11-14(13)16/h9H,6-8,10-12H2,1-5H3/i8D,10D/t8-,10-/m1/s1. The molecule has 1 aliphatic rings. The summed E-state index contributed by atoms with van der Waals surface area (Å²) in [7, 11) is -1.89. The first-order valence-corrected chi connectivity index (χ1v) is 9.69. The van der Waals surface area contributed by atoms with Crippen LogP contribution < -0.4 is 0 Å². The molecule has 0 aromatic heterocycles. The van der Waals surface area contributed by atoms with Crippen LogP contribution in [0.5, 0.6) is 0 Å². The van der Waals surface area contributed by atoms with E-state index in [9.17, 15) is 4.79 Å². The largest absolute Gasteiger partial charge is 0.417 e. The Hall–Kier alpha value is -0.413. The van der Waals surface area contributed by atoms with Crippen LogP contribution in [0.25, 0.3) is 0 Å². The molecule has 1 rings (SSSR count). The second kappa shape index (κ2) is 6.16. The Morgan fingerprint density at radius 1 is 1.44 bits per heavy atom. The van der Waals surface area contributed by atoms with Crippen molar-refractivity contribution in [3.8, 4) is 0 Å². The minimum absolute atomic E-state index is 0.0424. The van der Waals surface area contributed by atoms with Gasteiger partial charge in [0.25, 0.3) is 0 Å². The summed E-state index contributed by atoms with van der Waals surface area (Å²) in [4.78, 5) is 11.8. The summed E-state index contributed by atoms with van der Waals surface area (Å²) in [5, 5.41) is 0.101. The zero-order valence-corrected chi connectivity index (χ0v) is 13.4. The zero-order valence-electron chi connectivity index (χ0n) is 14.4. The number of hydrogen-bond donors (Lipinski definition) is 0. The molecule has 0 fully saturated rings. The summed E-state index contributed by atoms with van der Waals surface area (Å²) >= 11 is 0. The third-order valence-corrected chi connectivity index (χ3v) is 8.44. The quantitative estimate of drug-likeness (QED) is 0.689. The van der Waals surface area contributed by atoms with Crippen molar-refractivity contribution in [2.75, 3.05) is 6.61 Å². The van der Waals surface area contributed by atoms with Crippen molar-refractivity contribution in [3.05, 3.63) is 11.6 Å². The van der Waals surface area contributed by atoms with Crippen LogP contribution in [0.4, 0.5) is 0 Å². The van der Waals surface area contributed by atoms with Crippen molar-refractivity contribution in [2.45, 2.75) is 71.0 Å². The van der Waals surface area contributed by atoms with E-state index in [0.29, 0.717) is 12.0 Å². The summed E-state index contributed by atoms with van der Waals surface area (Å²) in [6.07, 6.45) is 2.64. The molecule has 0 aliphatic heterocycles. The van der Waals surface area contributed by atoms with Crippen molar-refractivity contribution in [1.82, 2.24) is 0 Å². The first kappa shape index (κ1) is 12.6. The Morgan fingerprint density at radius 3 is 2.67 bits per heavy atom. The summed E-state index contributed by atoms with van der Waals surface area (Å²) in [5.74, 6) is 0.0424. The Balaban J connectivity index is 2.61. The maximum atomic E-state index is 11.8. The molecule has 1 aliphatic carbocycles. The summed E-state index contributed by atoms with van der Waals surface area (Å²) in [6, 6.07) is 0. The van der Waals surface area contributed by atoms with Crippen LogP contribution in [0.15, 0.2) is 11.6 Å². The summed E-state index contributed by atoms with van der Waals surface area (Å²) < 4.78 is 22.2. The number of rotatable bonds is 5. The van der Waals surface area contributed by atoms with Crippen LogP contribution in [0.1, 0.15) is 55.6 Å². The SMILES string of the molecule is [2H][C@@H](CO[Si](C)(C)C(C)(C)C)[C@@H]([2H])C1=CCCCC1=O. The molecule has 0 aromatic rings. The maximum Gasteiger partial charge on any atom is 0.191 e. The van der Waals surface area contributed by atoms with E-state index in [4.69, 9.17) is 7.17 Å². The van der Waals surface area contributed by atoms with Gasteiger partial charge in [0.15, 0.2) is 14.1 Å². The molecule has 0 N–H and O–H groups in total. The highest BCUT2D eigenvalue weighted by Gasteiger charge is 2.36. The van der Waals surface area contributed by atoms with Gasteiger partial charge in [-0.15, -0.1) is 0 Å². The first-order chi connectivity index (χ1) is 9.06. The molecule has 0 saturated heterocycles. The van der Waals surface area contributed by atoms with Crippen LogP contribution in [0, 0.1) is 0 Å². The molecule has 0 unspecified atom stereocenters. The van der Waals surface area contributed by atoms with Crippen LogP contribution >= 0.6 is 0 Å². The highest BCUT2D eigenvalue weighted by Crippen LogP contribution is 2.36. The fourth-order valence-corrected chi connectivity index (χ4v) is 2.53. The molecule has 3 heteroatoms. The van der Waals surface area contributed by atoms with Crippen molar-refractivity contribution >= 4 is 14.1 Å². The van der Waals surface area contributed by atoms with Gasteiger partial charge in [-0.25, -0.2) is 0 Å². The van der Waals surface area contributed by atoms with Gasteiger partial charge in [-0.1, -0.05) is 26.8 Å². The molecule has 104 valence electrons. The van der Waals surface area contributed by atoms with Gasteiger partial charge in [0.1, 0.15) is 0 Å². The fraction of sp³-hybridized carbons (Fsp3) is 0.800. The van der Waals surface area contributed by atoms with Crippen molar-refractivity contribution in [3.63, 3.8) is 0 Å². The van der Waals surface area contributed by atoms with Gasteiger partial charge in [-0.2, -0.15) is 0 Å². The topological polar surface area (TPSA) is 26.3 Å². The second-order valence-electron chi connectivity index (χ2n) is 6.45. The van der Waals surface area contributed by atoms with E-state index in [1.54, 1.807) is 0 Å². The molecule has 0 spiro atoms. The van der Waals surface area contributed by atoms with Gasteiger partial charge in [0.05, 0.1) is 0 Å². The van der Waals surface area contributed by atoms with Crippen molar-refractivity contribution in [2.24, 2.45) is 0 Å². The minimum Gasteiger partial charge on any atom is -0.417 e. The maximum absolute atomic E-state index is 11.8. The third-order valence-electron chi connectivity index (χ3n) is 3.94. The van der Waals surface area contributed by atoms with Crippen LogP contribution in [-0.2, 0) is 9.22 Å². The average molecular weight is 270 g/mol. The lowest BCUT2D eigenvalue weighted by atomic mass is 9.95. The van der Waals surface area contributed by atoms with Crippen LogP contribution in [-0.4, -0.2) is 20.7 Å². The molecule has 0 saturated carbocycles. The van der Waals surface area contributed by atoms with Gasteiger partial charge in [0.2, 0.25) is 0 Å². The molecule has 0 amide bonds. The lowest BCUT2D eigenvalue weighted by Gasteiger charge is -2.36. The monoisotopic (exact) mass is 270 g/mol. The van der Waals surface area contributed by atoms with Gasteiger partial charge in [-0.05, 0) is 49.3 Å². The Bertz CT molecular complexity index is 386. The number of carbonyl (C=O) groups is 1. The zero-order chi connectivity index (χ0) is 15.6. The lowest BCUT2D eigenvalue weighted by molar-refractivity contribution is -0.116. The van der Waals surface area contributed by atoms with Crippen LogP contribution in [0.3, 0.4) is 0 Å². The second-order valence-corrected chi connectivity index (χ2v) is 11.3. The van der Waals surface area contributed by atoms with E-state index in [0.717, 1.165) is 12.8 Å². The molecule has 0 bridgehead atoms. The number of carbonyl (C=O) groups excluding carboxylic acids is 1. The van der Waals surface area contributed by atoms with E-state index >= 15 is 0 Å². The minimum atomic E-state index is -1.89. The predicted octanol–water partition coefficient (Wildman–Crippen LogP) is 4.47. The van der Waals surface area contributed by atoms with Gasteiger partial charge in [0, 0.05) is 15.8 Å². The van der Waals surface area contributed by atoms with E-state index in [1.807, 2.05) is 6.08 Å². The smallest absolute Gasteiger partial charge is 0.191 e. The van der Waals surface area contributed by atoms with E-state index in [1.165, 1.54) is 0 Å². The van der Waals surface area contributed by atoms with Gasteiger partial charge in [-0.3, -0.25) is 4.79 Å². The van der Waals surface area contributed by atoms with Gasteiger partial charge < -0.3 is 4.43 Å². The molecule has 0 aromatic carbocycles. The molecular formula is C15H28O2Si. The van der Waals surface area contributed by atoms with Crippen molar-refractivity contribution in [1.29, 1.82) is 0 Å². The van der Waals surface area contributed by atoms with Gasteiger partial charge >= 0.3 is 0 Å². The summed E-state index contributed by atoms with van der Waals surface area (Å²) in [6.45, 7) is 11.0. The molecule has 0 heterocycles. The highest BCUT2D eigenvalue weighted by atomic mass is 28.4. The average Bonchev–Trinajstić information content (AvgIpc) is 2.34. The van der Waals surface area contributed by atoms with E-state index < -0.39 is 21.1 Å². The first-order valence-electron chi connectivity index (χ1n) is 7.93. The van der Waals surface area contributed by atoms with E-state index in [-0.39, 0.29) is 17.4 Å². The number of allylic oxidation sites excluding steroid dienone is 2. The van der Waals surface area contributed by atoms with E-state index in [2.05, 4.69) is 33.9 Å². The Morgan fingerprint density at radius 2 is 2.11 bits per heavy atom. The number of hydrogen-bond acceptors (Lipinski definition) is 2.